The first-order valence-electron chi connectivity index (χ1n) is 4.76. The summed E-state index contributed by atoms with van der Waals surface area (Å²) in [5.41, 5.74) is -1.56. The van der Waals surface area contributed by atoms with Crippen molar-refractivity contribution in [2.75, 3.05) is 0 Å². The van der Waals surface area contributed by atoms with Crippen LogP contribution in [-0.4, -0.2) is 11.8 Å². The molecule has 0 saturated heterocycles. The van der Waals surface area contributed by atoms with Crippen LogP contribution in [0.2, 0.25) is 0 Å². The average Bonchev–Trinajstić information content (AvgIpc) is 1.94. The highest BCUT2D eigenvalue weighted by atomic mass is 19.2. The number of rotatable bonds is 1. The van der Waals surface area contributed by atoms with Gasteiger partial charge < -0.3 is 0 Å². The van der Waals surface area contributed by atoms with Crippen molar-refractivity contribution in [3.63, 3.8) is 0 Å². The lowest BCUT2D eigenvalue weighted by Gasteiger charge is -2.36. The summed E-state index contributed by atoms with van der Waals surface area (Å²) < 4.78 is 26.5. The number of alkyl halides is 2. The second-order valence-electron chi connectivity index (χ2n) is 4.52. The highest BCUT2D eigenvalue weighted by Gasteiger charge is 2.41. The van der Waals surface area contributed by atoms with Gasteiger partial charge in [-0.3, -0.25) is 0 Å². The normalized spacial score (nSPS) is 43.5. The fraction of sp³-hybridized carbons (Fsp3) is 1.00. The number of hydrogen-bond donors (Lipinski definition) is 0. The Kier molecular flexibility index (Phi) is 2.74. The molecular formula is C10H18F2. The standard InChI is InChI=1S/C10H18F2/c1-7(2)8-4-5-10(3,12)9(11)6-8/h7-9H,4-6H2,1-3H3. The van der Waals surface area contributed by atoms with Gasteiger partial charge in [0.25, 0.3) is 0 Å². The lowest BCUT2D eigenvalue weighted by Crippen LogP contribution is -2.39. The summed E-state index contributed by atoms with van der Waals surface area (Å²) in [5, 5.41) is 0. The molecule has 3 atom stereocenters. The van der Waals surface area contributed by atoms with Crippen molar-refractivity contribution >= 4 is 0 Å². The van der Waals surface area contributed by atoms with Gasteiger partial charge in [-0.25, -0.2) is 8.78 Å². The van der Waals surface area contributed by atoms with Gasteiger partial charge in [-0.2, -0.15) is 0 Å². The van der Waals surface area contributed by atoms with E-state index >= 15 is 0 Å². The topological polar surface area (TPSA) is 0 Å². The predicted molar refractivity (Wildman–Crippen MR) is 46.6 cm³/mol. The Hall–Kier alpha value is -0.140. The lowest BCUT2D eigenvalue weighted by molar-refractivity contribution is -0.00106. The van der Waals surface area contributed by atoms with Crippen LogP contribution in [0.25, 0.3) is 0 Å². The van der Waals surface area contributed by atoms with Crippen molar-refractivity contribution in [3.8, 4) is 0 Å². The monoisotopic (exact) mass is 176 g/mol. The van der Waals surface area contributed by atoms with Crippen molar-refractivity contribution in [2.45, 2.75) is 51.9 Å². The van der Waals surface area contributed by atoms with Crippen LogP contribution < -0.4 is 0 Å². The van der Waals surface area contributed by atoms with Crippen LogP contribution in [-0.2, 0) is 0 Å². The summed E-state index contributed by atoms with van der Waals surface area (Å²) in [4.78, 5) is 0. The molecular weight excluding hydrogens is 158 g/mol. The van der Waals surface area contributed by atoms with Crippen LogP contribution in [0, 0.1) is 11.8 Å². The fourth-order valence-electron chi connectivity index (χ4n) is 1.86. The summed E-state index contributed by atoms with van der Waals surface area (Å²) in [5.74, 6) is 0.864. The van der Waals surface area contributed by atoms with Crippen LogP contribution in [0.15, 0.2) is 0 Å². The Morgan fingerprint density at radius 1 is 1.42 bits per heavy atom. The molecule has 0 aromatic carbocycles. The smallest absolute Gasteiger partial charge is 0.139 e. The summed E-state index contributed by atoms with van der Waals surface area (Å²) in [6.45, 7) is 5.55. The fourth-order valence-corrected chi connectivity index (χ4v) is 1.86. The van der Waals surface area contributed by atoms with Gasteiger partial charge in [-0.05, 0) is 38.0 Å². The molecule has 1 aliphatic carbocycles. The third-order valence-corrected chi connectivity index (χ3v) is 3.11. The average molecular weight is 176 g/mol. The van der Waals surface area contributed by atoms with E-state index < -0.39 is 11.8 Å². The molecule has 0 bridgehead atoms. The van der Waals surface area contributed by atoms with Gasteiger partial charge in [-0.1, -0.05) is 13.8 Å². The van der Waals surface area contributed by atoms with Gasteiger partial charge in [0, 0.05) is 0 Å². The highest BCUT2D eigenvalue weighted by Crippen LogP contribution is 2.39. The molecule has 0 spiro atoms. The van der Waals surface area contributed by atoms with Crippen LogP contribution in [0.5, 0.6) is 0 Å². The van der Waals surface area contributed by atoms with E-state index in [4.69, 9.17) is 0 Å². The Morgan fingerprint density at radius 2 is 2.00 bits per heavy atom. The molecule has 1 rings (SSSR count). The van der Waals surface area contributed by atoms with Crippen molar-refractivity contribution in [2.24, 2.45) is 11.8 Å². The molecule has 0 N–H and O–H groups in total. The molecule has 0 aromatic rings. The molecule has 0 amide bonds. The van der Waals surface area contributed by atoms with Crippen molar-refractivity contribution in [1.29, 1.82) is 0 Å². The van der Waals surface area contributed by atoms with Crippen LogP contribution in [0.3, 0.4) is 0 Å². The minimum Gasteiger partial charge on any atom is -0.244 e. The zero-order valence-corrected chi connectivity index (χ0v) is 8.11. The molecule has 1 saturated carbocycles. The van der Waals surface area contributed by atoms with Gasteiger partial charge in [-0.15, -0.1) is 0 Å². The number of halogens is 2. The van der Waals surface area contributed by atoms with E-state index in [1.54, 1.807) is 0 Å². The Bertz CT molecular complexity index is 152. The summed E-state index contributed by atoms with van der Waals surface area (Å²) in [6.07, 6.45) is 0.380. The maximum atomic E-state index is 13.3. The maximum absolute atomic E-state index is 13.3. The molecule has 3 unspecified atom stereocenters. The van der Waals surface area contributed by atoms with E-state index in [2.05, 4.69) is 13.8 Å². The largest absolute Gasteiger partial charge is 0.244 e. The second-order valence-corrected chi connectivity index (χ2v) is 4.52. The zero-order chi connectivity index (χ0) is 9.35. The second kappa shape index (κ2) is 3.31. The molecule has 0 radical (unpaired) electrons. The van der Waals surface area contributed by atoms with Crippen molar-refractivity contribution in [3.05, 3.63) is 0 Å². The molecule has 0 aromatic heterocycles. The van der Waals surface area contributed by atoms with Gasteiger partial charge in [0.2, 0.25) is 0 Å². The molecule has 1 aliphatic rings. The van der Waals surface area contributed by atoms with E-state index in [1.807, 2.05) is 0 Å². The third-order valence-electron chi connectivity index (χ3n) is 3.11. The summed E-state index contributed by atoms with van der Waals surface area (Å²) in [6, 6.07) is 0. The first kappa shape index (κ1) is 9.94. The zero-order valence-electron chi connectivity index (χ0n) is 8.11. The van der Waals surface area contributed by atoms with Crippen molar-refractivity contribution in [1.82, 2.24) is 0 Å². The summed E-state index contributed by atoms with van der Waals surface area (Å²) in [7, 11) is 0. The van der Waals surface area contributed by atoms with E-state index in [1.165, 1.54) is 6.92 Å². The first-order valence-corrected chi connectivity index (χ1v) is 4.76. The summed E-state index contributed by atoms with van der Waals surface area (Å²) >= 11 is 0. The molecule has 2 heteroatoms. The van der Waals surface area contributed by atoms with Gasteiger partial charge in [0.1, 0.15) is 11.8 Å². The van der Waals surface area contributed by atoms with Gasteiger partial charge >= 0.3 is 0 Å². The van der Waals surface area contributed by atoms with E-state index in [9.17, 15) is 8.78 Å². The molecule has 72 valence electrons. The predicted octanol–water partition coefficient (Wildman–Crippen LogP) is 3.51. The third kappa shape index (κ3) is 1.96. The Balaban J connectivity index is 2.52. The quantitative estimate of drug-likeness (QED) is 0.573. The van der Waals surface area contributed by atoms with E-state index in [0.29, 0.717) is 24.7 Å². The van der Waals surface area contributed by atoms with Crippen LogP contribution in [0.4, 0.5) is 8.78 Å². The van der Waals surface area contributed by atoms with E-state index in [0.717, 1.165) is 6.42 Å². The SMILES string of the molecule is CC(C)C1CCC(C)(F)C(F)C1. The lowest BCUT2D eigenvalue weighted by atomic mass is 9.75. The molecule has 0 aliphatic heterocycles. The van der Waals surface area contributed by atoms with Crippen LogP contribution >= 0.6 is 0 Å². The minimum absolute atomic E-state index is 0.379. The molecule has 0 heterocycles. The van der Waals surface area contributed by atoms with Gasteiger partial charge in [0.05, 0.1) is 0 Å². The highest BCUT2D eigenvalue weighted by molar-refractivity contribution is 4.90. The molecule has 12 heavy (non-hydrogen) atoms. The molecule has 0 nitrogen and oxygen atoms in total. The van der Waals surface area contributed by atoms with E-state index in [-0.39, 0.29) is 0 Å². The maximum Gasteiger partial charge on any atom is 0.139 e. The first-order chi connectivity index (χ1) is 5.43. The Morgan fingerprint density at radius 3 is 2.42 bits per heavy atom. The Labute approximate surface area is 73.3 Å². The number of hydrogen-bond acceptors (Lipinski definition) is 0. The minimum atomic E-state index is -1.56. The molecule has 1 fully saturated rings. The van der Waals surface area contributed by atoms with Crippen LogP contribution in [0.1, 0.15) is 40.0 Å². The van der Waals surface area contributed by atoms with Gasteiger partial charge in [0.15, 0.2) is 0 Å². The van der Waals surface area contributed by atoms with Crippen molar-refractivity contribution < 1.29 is 8.78 Å².